The van der Waals surface area contributed by atoms with Gasteiger partial charge < -0.3 is 12.4 Å². The monoisotopic (exact) mass is 226 g/mol. The molecule has 0 amide bonds. The summed E-state index contributed by atoms with van der Waals surface area (Å²) < 4.78 is 21.1. The van der Waals surface area contributed by atoms with Crippen molar-refractivity contribution in [3.63, 3.8) is 0 Å². The van der Waals surface area contributed by atoms with Crippen LogP contribution < -0.4 is 12.4 Å². The Labute approximate surface area is 81.6 Å². The quantitative estimate of drug-likeness (QED) is 0.557. The van der Waals surface area contributed by atoms with Gasteiger partial charge in [-0.25, -0.2) is 8.42 Å². The number of nitrogens with zero attached hydrogens (tertiary/aromatic N) is 1. The van der Waals surface area contributed by atoms with Gasteiger partial charge in [0.05, 0.1) is 5.75 Å². The van der Waals surface area contributed by atoms with Crippen molar-refractivity contribution in [1.82, 2.24) is 4.98 Å². The third-order valence-electron chi connectivity index (χ3n) is 1.06. The average Bonchev–Trinajstić information content (AvgIpc) is 1.85. The standard InChI is InChI=1S/C6H6ClNO2S.ClH/c7-11(9,10)5-6-2-1-3-8-4-6;/h1-4H,5H2;1H/p-1. The van der Waals surface area contributed by atoms with Crippen LogP contribution in [0.1, 0.15) is 5.56 Å². The number of aromatic nitrogens is 1. The average molecular weight is 227 g/mol. The van der Waals surface area contributed by atoms with Crippen LogP contribution in [0.5, 0.6) is 0 Å². The van der Waals surface area contributed by atoms with E-state index in [4.69, 9.17) is 10.7 Å². The Morgan fingerprint density at radius 1 is 1.50 bits per heavy atom. The van der Waals surface area contributed by atoms with Crippen LogP contribution in [-0.4, -0.2) is 13.4 Å². The van der Waals surface area contributed by atoms with Crippen LogP contribution in [0.2, 0.25) is 0 Å². The maximum atomic E-state index is 10.5. The molecule has 68 valence electrons. The number of hydrogen-bond acceptors (Lipinski definition) is 3. The second kappa shape index (κ2) is 4.64. The first-order valence-corrected chi connectivity index (χ1v) is 5.37. The molecular formula is C6H6Cl2NO2S-. The molecule has 0 unspecified atom stereocenters. The van der Waals surface area contributed by atoms with E-state index in [1.807, 2.05) is 0 Å². The van der Waals surface area contributed by atoms with Crippen LogP contribution >= 0.6 is 10.7 Å². The maximum absolute atomic E-state index is 10.5. The minimum absolute atomic E-state index is 0. The van der Waals surface area contributed by atoms with Gasteiger partial charge >= 0.3 is 0 Å². The van der Waals surface area contributed by atoms with Crippen LogP contribution in [0.15, 0.2) is 24.5 Å². The highest BCUT2D eigenvalue weighted by atomic mass is 35.7. The lowest BCUT2D eigenvalue weighted by Gasteiger charge is -1.93. The molecule has 0 spiro atoms. The summed E-state index contributed by atoms with van der Waals surface area (Å²) in [5.74, 6) is -0.164. The zero-order valence-corrected chi connectivity index (χ0v) is 8.27. The van der Waals surface area contributed by atoms with E-state index in [1.165, 1.54) is 6.20 Å². The molecule has 0 radical (unpaired) electrons. The molecule has 0 aliphatic rings. The number of pyridine rings is 1. The van der Waals surface area contributed by atoms with Gasteiger partial charge in [0.1, 0.15) is 0 Å². The SMILES string of the molecule is O=S(=O)(Cl)Cc1cccnc1.[Cl-]. The van der Waals surface area contributed by atoms with Crippen molar-refractivity contribution in [2.45, 2.75) is 5.75 Å². The second-order valence-corrected chi connectivity index (χ2v) is 4.82. The summed E-state index contributed by atoms with van der Waals surface area (Å²) in [7, 11) is 1.57. The van der Waals surface area contributed by atoms with E-state index >= 15 is 0 Å². The molecule has 1 aromatic rings. The molecule has 1 heterocycles. The first kappa shape index (κ1) is 11.7. The molecule has 1 aromatic heterocycles. The van der Waals surface area contributed by atoms with E-state index in [0.29, 0.717) is 5.56 Å². The van der Waals surface area contributed by atoms with Crippen LogP contribution in [0.4, 0.5) is 0 Å². The molecule has 0 saturated carbocycles. The van der Waals surface area contributed by atoms with Gasteiger partial charge in [0.2, 0.25) is 9.05 Å². The zero-order chi connectivity index (χ0) is 8.32. The van der Waals surface area contributed by atoms with Crippen molar-refractivity contribution < 1.29 is 20.8 Å². The Balaban J connectivity index is 0.00000121. The van der Waals surface area contributed by atoms with Gasteiger partial charge in [-0.3, -0.25) is 4.98 Å². The number of halogens is 2. The van der Waals surface area contributed by atoms with Gasteiger partial charge in [0.25, 0.3) is 0 Å². The van der Waals surface area contributed by atoms with Crippen molar-refractivity contribution in [3.8, 4) is 0 Å². The zero-order valence-electron chi connectivity index (χ0n) is 5.94. The van der Waals surface area contributed by atoms with E-state index in [1.54, 1.807) is 18.3 Å². The molecule has 3 nitrogen and oxygen atoms in total. The molecule has 0 aromatic carbocycles. The van der Waals surface area contributed by atoms with Gasteiger partial charge in [-0.05, 0) is 11.6 Å². The highest BCUT2D eigenvalue weighted by molar-refractivity contribution is 8.13. The van der Waals surface area contributed by atoms with Crippen molar-refractivity contribution in [3.05, 3.63) is 30.1 Å². The fourth-order valence-electron chi connectivity index (χ4n) is 0.683. The lowest BCUT2D eigenvalue weighted by atomic mass is 10.3. The molecule has 0 atom stereocenters. The first-order valence-electron chi connectivity index (χ1n) is 2.89. The van der Waals surface area contributed by atoms with E-state index in [0.717, 1.165) is 0 Å². The topological polar surface area (TPSA) is 47.0 Å². The van der Waals surface area contributed by atoms with Gasteiger partial charge in [0.15, 0.2) is 0 Å². The summed E-state index contributed by atoms with van der Waals surface area (Å²) >= 11 is 0. The molecular weight excluding hydrogens is 221 g/mol. The van der Waals surface area contributed by atoms with Crippen LogP contribution in [0.3, 0.4) is 0 Å². The number of hydrogen-bond donors (Lipinski definition) is 0. The predicted molar refractivity (Wildman–Crippen MR) is 42.7 cm³/mol. The Bertz CT molecular complexity index is 325. The lowest BCUT2D eigenvalue weighted by Crippen LogP contribution is -3.00. The normalized spacial score (nSPS) is 10.4. The van der Waals surface area contributed by atoms with Crippen molar-refractivity contribution in [2.75, 3.05) is 0 Å². The van der Waals surface area contributed by atoms with Crippen LogP contribution in [0, 0.1) is 0 Å². The second-order valence-electron chi connectivity index (χ2n) is 2.04. The fourth-order valence-corrected chi connectivity index (χ4v) is 1.63. The minimum atomic E-state index is -3.44. The fraction of sp³-hybridized carbons (Fsp3) is 0.167. The van der Waals surface area contributed by atoms with Crippen molar-refractivity contribution >= 4 is 19.7 Å². The maximum Gasteiger partial charge on any atom is 0.236 e. The predicted octanol–water partition coefficient (Wildman–Crippen LogP) is -1.85. The summed E-state index contributed by atoms with van der Waals surface area (Å²) in [6.07, 6.45) is 3.05. The van der Waals surface area contributed by atoms with Gasteiger partial charge in [-0.2, -0.15) is 0 Å². The smallest absolute Gasteiger partial charge is 0.236 e. The largest absolute Gasteiger partial charge is 1.00 e. The van der Waals surface area contributed by atoms with Gasteiger partial charge in [-0.15, -0.1) is 0 Å². The van der Waals surface area contributed by atoms with E-state index < -0.39 is 9.05 Å². The Kier molecular flexibility index (Phi) is 4.52. The molecule has 0 saturated heterocycles. The molecule has 0 aliphatic carbocycles. The van der Waals surface area contributed by atoms with E-state index in [2.05, 4.69) is 4.98 Å². The first-order chi connectivity index (χ1) is 5.08. The molecule has 6 heteroatoms. The molecule has 0 bridgehead atoms. The summed E-state index contributed by atoms with van der Waals surface area (Å²) in [4.78, 5) is 3.75. The molecule has 12 heavy (non-hydrogen) atoms. The third kappa shape index (κ3) is 4.54. The summed E-state index contributed by atoms with van der Waals surface area (Å²) in [6, 6.07) is 3.32. The summed E-state index contributed by atoms with van der Waals surface area (Å²) in [6.45, 7) is 0. The Hall–Kier alpha value is -0.320. The lowest BCUT2D eigenvalue weighted by molar-refractivity contribution is -0.00000464. The summed E-state index contributed by atoms with van der Waals surface area (Å²) in [5, 5.41) is 0. The van der Waals surface area contributed by atoms with Gasteiger partial charge in [0, 0.05) is 23.1 Å². The molecule has 1 rings (SSSR count). The molecule has 0 aliphatic heterocycles. The Morgan fingerprint density at radius 2 is 2.17 bits per heavy atom. The van der Waals surface area contributed by atoms with E-state index in [-0.39, 0.29) is 18.2 Å². The van der Waals surface area contributed by atoms with Crippen LogP contribution in [-0.2, 0) is 14.8 Å². The molecule has 0 fully saturated rings. The van der Waals surface area contributed by atoms with Crippen molar-refractivity contribution in [1.29, 1.82) is 0 Å². The molecule has 0 N–H and O–H groups in total. The van der Waals surface area contributed by atoms with Gasteiger partial charge in [-0.1, -0.05) is 6.07 Å². The highest BCUT2D eigenvalue weighted by Crippen LogP contribution is 2.06. The highest BCUT2D eigenvalue weighted by Gasteiger charge is 2.05. The summed E-state index contributed by atoms with van der Waals surface area (Å²) in [5.41, 5.74) is 0.600. The Morgan fingerprint density at radius 3 is 2.58 bits per heavy atom. The van der Waals surface area contributed by atoms with Crippen LogP contribution in [0.25, 0.3) is 0 Å². The van der Waals surface area contributed by atoms with E-state index in [9.17, 15) is 8.42 Å². The van der Waals surface area contributed by atoms with Crippen molar-refractivity contribution in [2.24, 2.45) is 0 Å². The minimum Gasteiger partial charge on any atom is -1.00 e. The third-order valence-corrected chi connectivity index (χ3v) is 2.07. The number of rotatable bonds is 2.